The summed E-state index contributed by atoms with van der Waals surface area (Å²) in [6, 6.07) is 13.2. The molecule has 0 radical (unpaired) electrons. The Hall–Kier alpha value is -3.19. The van der Waals surface area contributed by atoms with Gasteiger partial charge in [-0.25, -0.2) is 4.98 Å². The first-order valence-electron chi connectivity index (χ1n) is 8.77. The molecule has 3 heterocycles. The van der Waals surface area contributed by atoms with E-state index in [4.69, 9.17) is 0 Å². The van der Waals surface area contributed by atoms with Crippen molar-refractivity contribution < 1.29 is 0 Å². The van der Waals surface area contributed by atoms with E-state index >= 15 is 0 Å². The molecule has 0 atom stereocenters. The normalized spacial score (nSPS) is 10.9. The second-order valence-electron chi connectivity index (χ2n) is 6.68. The lowest BCUT2D eigenvalue weighted by atomic mass is 10.1. The number of nitrogens with zero attached hydrogens (tertiary/aromatic N) is 5. The molecule has 0 saturated heterocycles. The predicted molar refractivity (Wildman–Crippen MR) is 113 cm³/mol. The van der Waals surface area contributed by atoms with Gasteiger partial charge in [0.05, 0.1) is 16.6 Å². The summed E-state index contributed by atoms with van der Waals surface area (Å²) in [5, 5.41) is 12.1. The van der Waals surface area contributed by atoms with Crippen LogP contribution in [0.4, 0.5) is 11.5 Å². The van der Waals surface area contributed by atoms with Gasteiger partial charge in [0.1, 0.15) is 17.8 Å². The Balaban J connectivity index is 0.00000225. The number of rotatable bonds is 4. The van der Waals surface area contributed by atoms with E-state index in [1.807, 2.05) is 52.6 Å². The number of nitrogens with one attached hydrogen (secondary N) is 1. The minimum atomic E-state index is -0.0260. The van der Waals surface area contributed by atoms with Crippen LogP contribution in [0.5, 0.6) is 0 Å². The van der Waals surface area contributed by atoms with Gasteiger partial charge in [-0.3, -0.25) is 4.79 Å². The number of hydrogen-bond acceptors (Lipinski definition) is 5. The van der Waals surface area contributed by atoms with E-state index in [2.05, 4.69) is 34.3 Å². The molecular weight excluding hydrogens is 376 g/mol. The van der Waals surface area contributed by atoms with Crippen molar-refractivity contribution >= 4 is 34.8 Å². The molecule has 7 nitrogen and oxygen atoms in total. The number of halogens is 1. The Bertz CT molecular complexity index is 1180. The van der Waals surface area contributed by atoms with Crippen LogP contribution in [0.25, 0.3) is 22.4 Å². The summed E-state index contributed by atoms with van der Waals surface area (Å²) in [7, 11) is 1.92. The van der Waals surface area contributed by atoms with Crippen molar-refractivity contribution in [3.8, 4) is 11.5 Å². The first-order valence-corrected chi connectivity index (χ1v) is 8.77. The SMILES string of the molecule is CC(C)n1cnnc1-c1cccc(Nc2cccc3c2c(=O)ccn3C)n1.Cl. The summed E-state index contributed by atoms with van der Waals surface area (Å²) < 4.78 is 3.90. The van der Waals surface area contributed by atoms with Gasteiger partial charge >= 0.3 is 0 Å². The number of pyridine rings is 2. The molecule has 144 valence electrons. The zero-order chi connectivity index (χ0) is 19.0. The van der Waals surface area contributed by atoms with E-state index in [1.165, 1.54) is 0 Å². The summed E-state index contributed by atoms with van der Waals surface area (Å²) in [6.07, 6.45) is 3.47. The van der Waals surface area contributed by atoms with E-state index < -0.39 is 0 Å². The van der Waals surface area contributed by atoms with E-state index in [9.17, 15) is 4.79 Å². The maximum atomic E-state index is 12.4. The van der Waals surface area contributed by atoms with Crippen molar-refractivity contribution in [2.75, 3.05) is 5.32 Å². The van der Waals surface area contributed by atoms with Gasteiger partial charge in [-0.1, -0.05) is 12.1 Å². The summed E-state index contributed by atoms with van der Waals surface area (Å²) >= 11 is 0. The van der Waals surface area contributed by atoms with Gasteiger partial charge < -0.3 is 14.5 Å². The Morgan fingerprint density at radius 1 is 1.07 bits per heavy atom. The lowest BCUT2D eigenvalue weighted by Crippen LogP contribution is -2.08. The second-order valence-corrected chi connectivity index (χ2v) is 6.68. The van der Waals surface area contributed by atoms with E-state index in [1.54, 1.807) is 18.6 Å². The van der Waals surface area contributed by atoms with Gasteiger partial charge in [0.15, 0.2) is 11.3 Å². The third-order valence-corrected chi connectivity index (χ3v) is 4.49. The molecule has 1 N–H and O–H groups in total. The van der Waals surface area contributed by atoms with Gasteiger partial charge in [0, 0.05) is 25.4 Å². The van der Waals surface area contributed by atoms with Gasteiger partial charge in [-0.15, -0.1) is 22.6 Å². The van der Waals surface area contributed by atoms with Crippen LogP contribution in [0.3, 0.4) is 0 Å². The second kappa shape index (κ2) is 7.82. The van der Waals surface area contributed by atoms with Gasteiger partial charge in [-0.2, -0.15) is 0 Å². The molecule has 0 bridgehead atoms. The Morgan fingerprint density at radius 2 is 1.86 bits per heavy atom. The van der Waals surface area contributed by atoms with Crippen LogP contribution in [0, 0.1) is 0 Å². The van der Waals surface area contributed by atoms with Crippen molar-refractivity contribution in [1.29, 1.82) is 0 Å². The van der Waals surface area contributed by atoms with E-state index in [0.717, 1.165) is 16.9 Å². The highest BCUT2D eigenvalue weighted by molar-refractivity contribution is 5.93. The standard InChI is InChI=1S/C20H20N6O.ClH/c1-13(2)26-12-21-24-20(26)15-7-5-9-18(23-15)22-14-6-4-8-16-19(14)17(27)10-11-25(16)3;/h4-13H,1-3H3,(H,22,23);1H. The van der Waals surface area contributed by atoms with Crippen LogP contribution in [-0.2, 0) is 7.05 Å². The Morgan fingerprint density at radius 3 is 2.64 bits per heavy atom. The largest absolute Gasteiger partial charge is 0.350 e. The molecule has 4 aromatic rings. The summed E-state index contributed by atoms with van der Waals surface area (Å²) in [5.74, 6) is 1.35. The fourth-order valence-electron chi connectivity index (χ4n) is 3.11. The van der Waals surface area contributed by atoms with Gasteiger partial charge in [0.25, 0.3) is 0 Å². The molecule has 0 aliphatic carbocycles. The Labute approximate surface area is 168 Å². The molecule has 1 aromatic carbocycles. The van der Waals surface area contributed by atoms with Gasteiger partial charge in [0.2, 0.25) is 0 Å². The lowest BCUT2D eigenvalue weighted by Gasteiger charge is -2.13. The fraction of sp³-hybridized carbons (Fsp3) is 0.200. The number of fused-ring (bicyclic) bond motifs is 1. The molecule has 0 aliphatic heterocycles. The molecule has 0 spiro atoms. The topological polar surface area (TPSA) is 77.6 Å². The average molecular weight is 397 g/mol. The van der Waals surface area contributed by atoms with Gasteiger partial charge in [-0.05, 0) is 38.1 Å². The third kappa shape index (κ3) is 3.48. The minimum Gasteiger partial charge on any atom is -0.350 e. The number of benzene rings is 1. The molecular formula is C20H21ClN6O. The number of aromatic nitrogens is 5. The highest BCUT2D eigenvalue weighted by Crippen LogP contribution is 2.25. The van der Waals surface area contributed by atoms with E-state index in [0.29, 0.717) is 17.0 Å². The Kier molecular flexibility index (Phi) is 5.46. The monoisotopic (exact) mass is 396 g/mol. The van der Waals surface area contributed by atoms with Crippen molar-refractivity contribution in [3.05, 3.63) is 65.2 Å². The van der Waals surface area contributed by atoms with Crippen molar-refractivity contribution in [2.45, 2.75) is 19.9 Å². The average Bonchev–Trinajstić information content (AvgIpc) is 3.15. The zero-order valence-electron chi connectivity index (χ0n) is 15.8. The number of hydrogen-bond donors (Lipinski definition) is 1. The van der Waals surface area contributed by atoms with Crippen LogP contribution in [0.15, 0.2) is 59.8 Å². The summed E-state index contributed by atoms with van der Waals surface area (Å²) in [4.78, 5) is 17.1. The van der Waals surface area contributed by atoms with Crippen molar-refractivity contribution in [3.63, 3.8) is 0 Å². The predicted octanol–water partition coefficient (Wildman–Crippen LogP) is 3.94. The van der Waals surface area contributed by atoms with Crippen LogP contribution >= 0.6 is 12.4 Å². The smallest absolute Gasteiger partial charge is 0.191 e. The number of aryl methyl sites for hydroxylation is 1. The maximum absolute atomic E-state index is 12.4. The van der Waals surface area contributed by atoms with Crippen molar-refractivity contribution in [2.24, 2.45) is 7.05 Å². The first kappa shape index (κ1) is 19.6. The summed E-state index contributed by atoms with van der Waals surface area (Å²) in [6.45, 7) is 4.14. The molecule has 28 heavy (non-hydrogen) atoms. The maximum Gasteiger partial charge on any atom is 0.191 e. The van der Waals surface area contributed by atoms with Crippen LogP contribution in [0.2, 0.25) is 0 Å². The highest BCUT2D eigenvalue weighted by Gasteiger charge is 2.12. The molecule has 0 saturated carbocycles. The highest BCUT2D eigenvalue weighted by atomic mass is 35.5. The molecule has 3 aromatic heterocycles. The molecule has 0 aliphatic rings. The molecule has 0 amide bonds. The number of anilines is 2. The molecule has 0 fully saturated rings. The van der Waals surface area contributed by atoms with Crippen LogP contribution in [0.1, 0.15) is 19.9 Å². The zero-order valence-corrected chi connectivity index (χ0v) is 16.6. The van der Waals surface area contributed by atoms with Crippen LogP contribution in [-0.4, -0.2) is 24.3 Å². The summed E-state index contributed by atoms with van der Waals surface area (Å²) in [5.41, 5.74) is 2.29. The van der Waals surface area contributed by atoms with Crippen LogP contribution < -0.4 is 10.7 Å². The van der Waals surface area contributed by atoms with Crippen molar-refractivity contribution in [1.82, 2.24) is 24.3 Å². The lowest BCUT2D eigenvalue weighted by molar-refractivity contribution is 0.603. The quantitative estimate of drug-likeness (QED) is 0.565. The minimum absolute atomic E-state index is 0. The molecule has 4 rings (SSSR count). The molecule has 8 heteroatoms. The van der Waals surface area contributed by atoms with E-state index in [-0.39, 0.29) is 23.9 Å². The molecule has 0 unspecified atom stereocenters. The first-order chi connectivity index (χ1) is 13.0. The third-order valence-electron chi connectivity index (χ3n) is 4.49. The fourth-order valence-corrected chi connectivity index (χ4v) is 3.11.